The van der Waals surface area contributed by atoms with Crippen molar-refractivity contribution in [2.24, 2.45) is 5.92 Å². The van der Waals surface area contributed by atoms with Crippen molar-refractivity contribution in [2.75, 3.05) is 28.4 Å². The van der Waals surface area contributed by atoms with Gasteiger partial charge in [0.25, 0.3) is 5.79 Å². The molecule has 0 bridgehead atoms. The number of methoxy groups -OCH3 is 4. The zero-order chi connectivity index (χ0) is 22.8. The first-order chi connectivity index (χ1) is 14.9. The molecule has 0 aromatic heterocycles. The second kappa shape index (κ2) is 8.54. The van der Waals surface area contributed by atoms with Crippen LogP contribution < -0.4 is 0 Å². The molecule has 0 N–H and O–H groups in total. The molecule has 0 spiro atoms. The van der Waals surface area contributed by atoms with Gasteiger partial charge in [-0.3, -0.25) is 0 Å². The third-order valence-corrected chi connectivity index (χ3v) is 8.26. The van der Waals surface area contributed by atoms with Gasteiger partial charge in [-0.25, -0.2) is 8.42 Å². The first-order valence-corrected chi connectivity index (χ1v) is 11.0. The Labute approximate surface area is 182 Å². The topological polar surface area (TPSA) is 94.9 Å². The molecule has 0 aliphatic heterocycles. The van der Waals surface area contributed by atoms with Gasteiger partial charge in [0.05, 0.1) is 16.9 Å². The maximum absolute atomic E-state index is 13.9. The van der Waals surface area contributed by atoms with Crippen molar-refractivity contribution in [1.82, 2.24) is 0 Å². The Morgan fingerprint density at radius 1 is 0.871 bits per heavy atom. The molecule has 0 heterocycles. The van der Waals surface area contributed by atoms with E-state index in [4.69, 9.17) is 18.9 Å². The summed E-state index contributed by atoms with van der Waals surface area (Å²) in [4.78, 5) is -0.0334. The molecule has 31 heavy (non-hydrogen) atoms. The normalized spacial score (nSPS) is 24.4. The van der Waals surface area contributed by atoms with Crippen LogP contribution in [0.15, 0.2) is 71.6 Å². The molecule has 0 amide bonds. The molecular formula is C23H25NO6S. The van der Waals surface area contributed by atoms with Gasteiger partial charge in [-0.1, -0.05) is 60.7 Å². The average Bonchev–Trinajstić information content (AvgIpc) is 2.81. The molecule has 0 saturated heterocycles. The highest BCUT2D eigenvalue weighted by atomic mass is 32.2. The fraction of sp³-hybridized carbons (Fsp3) is 0.348. The molecule has 8 heteroatoms. The van der Waals surface area contributed by atoms with E-state index in [-0.39, 0.29) is 4.90 Å². The minimum atomic E-state index is -4.31. The number of ether oxygens (including phenoxy) is 4. The Bertz CT molecular complexity index is 1070. The molecule has 2 aromatic carbocycles. The number of nitriles is 1. The van der Waals surface area contributed by atoms with Crippen molar-refractivity contribution >= 4 is 15.9 Å². The number of nitrogens with zero attached hydrogens (tertiary/aromatic N) is 1. The smallest absolute Gasteiger partial charge is 0.259 e. The summed E-state index contributed by atoms with van der Waals surface area (Å²) >= 11 is 0. The lowest BCUT2D eigenvalue weighted by Crippen LogP contribution is -2.89. The highest BCUT2D eigenvalue weighted by molar-refractivity contribution is 7.93. The van der Waals surface area contributed by atoms with Crippen molar-refractivity contribution in [3.05, 3.63) is 72.3 Å². The van der Waals surface area contributed by atoms with Gasteiger partial charge in [-0.05, 0) is 17.7 Å². The standard InChI is InChI=1S/C23H25NO6S/c1-27-22(28-2)20(16-15-18-11-7-5-8-12-18)21(17-24,23(22,29-3)30-4)31(25,26)19-13-9-6-10-14-19/h5-16,20H,1-4H3/b16-15-/t20-,21+/m0/s1. The molecule has 0 radical (unpaired) electrons. The van der Waals surface area contributed by atoms with Crippen molar-refractivity contribution in [3.63, 3.8) is 0 Å². The van der Waals surface area contributed by atoms with Crippen molar-refractivity contribution in [3.8, 4) is 6.07 Å². The summed E-state index contributed by atoms with van der Waals surface area (Å²) < 4.78 is 48.2. The Morgan fingerprint density at radius 2 is 1.39 bits per heavy atom. The van der Waals surface area contributed by atoms with Crippen LogP contribution >= 0.6 is 0 Å². The molecule has 7 nitrogen and oxygen atoms in total. The minimum absolute atomic E-state index is 0.0334. The molecule has 1 aliphatic carbocycles. The van der Waals surface area contributed by atoms with Gasteiger partial charge in [0, 0.05) is 28.4 Å². The van der Waals surface area contributed by atoms with Gasteiger partial charge in [-0.15, -0.1) is 0 Å². The quantitative estimate of drug-likeness (QED) is 0.579. The van der Waals surface area contributed by atoms with Crippen molar-refractivity contribution < 1.29 is 27.4 Å². The zero-order valence-electron chi connectivity index (χ0n) is 17.8. The summed E-state index contributed by atoms with van der Waals surface area (Å²) in [7, 11) is 0.929. The summed E-state index contributed by atoms with van der Waals surface area (Å²) in [6.45, 7) is 0. The first-order valence-electron chi connectivity index (χ1n) is 9.52. The molecular weight excluding hydrogens is 418 g/mol. The monoisotopic (exact) mass is 443 g/mol. The summed E-state index contributed by atoms with van der Waals surface area (Å²) in [5.41, 5.74) is 0.819. The van der Waals surface area contributed by atoms with E-state index in [0.717, 1.165) is 5.56 Å². The van der Waals surface area contributed by atoms with Crippen LogP contribution in [-0.2, 0) is 28.8 Å². The van der Waals surface area contributed by atoms with E-state index in [9.17, 15) is 13.7 Å². The summed E-state index contributed by atoms with van der Waals surface area (Å²) in [5.74, 6) is -4.83. The molecule has 2 atom stereocenters. The van der Waals surface area contributed by atoms with Crippen LogP contribution in [0.2, 0.25) is 0 Å². The fourth-order valence-electron chi connectivity index (χ4n) is 4.50. The van der Waals surface area contributed by atoms with E-state index in [0.29, 0.717) is 0 Å². The molecule has 1 aliphatic rings. The van der Waals surface area contributed by atoms with Crippen LogP contribution in [0.1, 0.15) is 5.56 Å². The van der Waals surface area contributed by atoms with Gasteiger partial charge < -0.3 is 18.9 Å². The zero-order valence-corrected chi connectivity index (χ0v) is 18.6. The van der Waals surface area contributed by atoms with E-state index in [1.54, 1.807) is 30.4 Å². The average molecular weight is 444 g/mol. The summed E-state index contributed by atoms with van der Waals surface area (Å²) in [6.07, 6.45) is 3.32. The molecule has 1 saturated carbocycles. The molecule has 1 fully saturated rings. The maximum Gasteiger partial charge on any atom is 0.259 e. The van der Waals surface area contributed by atoms with Crippen molar-refractivity contribution in [2.45, 2.75) is 21.2 Å². The van der Waals surface area contributed by atoms with Gasteiger partial charge >= 0.3 is 0 Å². The maximum atomic E-state index is 13.9. The van der Waals surface area contributed by atoms with Crippen LogP contribution in [0.3, 0.4) is 0 Å². The van der Waals surface area contributed by atoms with E-state index >= 15 is 0 Å². The second-order valence-corrected chi connectivity index (χ2v) is 9.13. The Hall–Kier alpha value is -2.54. The highest BCUT2D eigenvalue weighted by Gasteiger charge is 2.89. The van der Waals surface area contributed by atoms with E-state index < -0.39 is 32.1 Å². The predicted octanol–water partition coefficient (Wildman–Crippen LogP) is 3.04. The number of hydrogen-bond acceptors (Lipinski definition) is 7. The van der Waals surface area contributed by atoms with E-state index in [2.05, 4.69) is 0 Å². The van der Waals surface area contributed by atoms with Gasteiger partial charge in [-0.2, -0.15) is 5.26 Å². The molecule has 0 unspecified atom stereocenters. The lowest BCUT2D eigenvalue weighted by molar-refractivity contribution is -0.463. The summed E-state index contributed by atoms with van der Waals surface area (Å²) in [6, 6.07) is 19.0. The van der Waals surface area contributed by atoms with Crippen LogP contribution in [-0.4, -0.2) is 53.2 Å². The SMILES string of the molecule is COC1(OC)[C@@H](/C=C\c2ccccc2)[C@@](C#N)(S(=O)(=O)c2ccccc2)C1(OC)OC. The van der Waals surface area contributed by atoms with Gasteiger partial charge in [0.15, 0.2) is 0 Å². The minimum Gasteiger partial charge on any atom is -0.348 e. The molecule has 3 rings (SSSR count). The highest BCUT2D eigenvalue weighted by Crippen LogP contribution is 2.64. The first kappa shape index (κ1) is 23.1. The van der Waals surface area contributed by atoms with Crippen LogP contribution in [0.25, 0.3) is 6.08 Å². The predicted molar refractivity (Wildman–Crippen MR) is 114 cm³/mol. The number of sulfone groups is 1. The molecule has 164 valence electrons. The lowest BCUT2D eigenvalue weighted by Gasteiger charge is -2.65. The van der Waals surface area contributed by atoms with Crippen LogP contribution in [0.4, 0.5) is 0 Å². The Balaban J connectivity index is 2.31. The third kappa shape index (κ3) is 2.89. The van der Waals surface area contributed by atoms with Crippen LogP contribution in [0, 0.1) is 17.2 Å². The number of benzene rings is 2. The van der Waals surface area contributed by atoms with Crippen molar-refractivity contribution in [1.29, 1.82) is 5.26 Å². The van der Waals surface area contributed by atoms with Gasteiger partial charge in [0.1, 0.15) is 0 Å². The summed E-state index contributed by atoms with van der Waals surface area (Å²) in [5, 5.41) is 10.4. The largest absolute Gasteiger partial charge is 0.348 e. The second-order valence-electron chi connectivity index (χ2n) is 7.01. The Kier molecular flexibility index (Phi) is 6.37. The Morgan fingerprint density at radius 3 is 1.84 bits per heavy atom. The number of rotatable bonds is 8. The van der Waals surface area contributed by atoms with E-state index in [1.165, 1.54) is 40.6 Å². The van der Waals surface area contributed by atoms with Gasteiger partial charge in [0.2, 0.25) is 20.4 Å². The third-order valence-electron chi connectivity index (χ3n) is 5.90. The van der Waals surface area contributed by atoms with Crippen LogP contribution in [0.5, 0.6) is 0 Å². The molecule has 2 aromatic rings. The fourth-order valence-corrected chi connectivity index (χ4v) is 6.74. The number of hydrogen-bond donors (Lipinski definition) is 0. The van der Waals surface area contributed by atoms with E-state index in [1.807, 2.05) is 36.4 Å². The lowest BCUT2D eigenvalue weighted by atomic mass is 9.61.